The van der Waals surface area contributed by atoms with Crippen molar-refractivity contribution in [3.63, 3.8) is 0 Å². The predicted molar refractivity (Wildman–Crippen MR) is 319 cm³/mol. The average molecular weight is 1140 g/mol. The lowest BCUT2D eigenvalue weighted by atomic mass is 10.1. The van der Waals surface area contributed by atoms with Gasteiger partial charge in [-0.3, -0.25) is 33.7 Å². The van der Waals surface area contributed by atoms with E-state index in [1.54, 1.807) is 39.7 Å². The van der Waals surface area contributed by atoms with E-state index in [0.717, 1.165) is 51.5 Å². The van der Waals surface area contributed by atoms with Gasteiger partial charge in [0.15, 0.2) is 5.75 Å². The van der Waals surface area contributed by atoms with E-state index in [1.807, 2.05) is 116 Å². The van der Waals surface area contributed by atoms with Crippen LogP contribution in [0.3, 0.4) is 0 Å². The van der Waals surface area contributed by atoms with Gasteiger partial charge in [0.1, 0.15) is 37.5 Å². The molecule has 1 fully saturated rings. The van der Waals surface area contributed by atoms with Gasteiger partial charge in [-0.2, -0.15) is 11.8 Å². The number of anilines is 4. The van der Waals surface area contributed by atoms with Crippen LogP contribution < -0.4 is 34.2 Å². The lowest BCUT2D eigenvalue weighted by Crippen LogP contribution is -2.41. The predicted octanol–water partition coefficient (Wildman–Crippen LogP) is 10.5. The summed E-state index contributed by atoms with van der Waals surface area (Å²) in [5, 5.41) is 2.84. The van der Waals surface area contributed by atoms with Gasteiger partial charge in [-0.15, -0.1) is 0 Å². The Labute approximate surface area is 480 Å². The van der Waals surface area contributed by atoms with Crippen LogP contribution in [-0.2, 0) is 45.2 Å². The molecule has 80 heavy (non-hydrogen) atoms. The number of thioether (sulfide) groups is 1. The van der Waals surface area contributed by atoms with E-state index < -0.39 is 0 Å². The molecule has 1 saturated heterocycles. The number of nitrogens with one attached hydrogen (secondary N) is 1. The molecule has 5 aromatic rings. The maximum atomic E-state index is 14.3. The summed E-state index contributed by atoms with van der Waals surface area (Å²) in [6.45, 7) is 7.38. The Morgan fingerprint density at radius 1 is 0.775 bits per heavy atom. The molecule has 0 radical (unpaired) electrons. The first-order chi connectivity index (χ1) is 38.5. The molecule has 1 unspecified atom stereocenters. The third-order valence-corrected chi connectivity index (χ3v) is 19.9. The van der Waals surface area contributed by atoms with Gasteiger partial charge in [-0.1, -0.05) is 58.0 Å². The number of imide groups is 1. The molecule has 5 heterocycles. The highest BCUT2D eigenvalue weighted by atomic mass is 33.1. The number of carbonyl (C=O) groups excluding carboxylic acids is 6. The summed E-state index contributed by atoms with van der Waals surface area (Å²) in [5.41, 5.74) is 9.60. The summed E-state index contributed by atoms with van der Waals surface area (Å²) >= 11 is 1.39. The third kappa shape index (κ3) is 12.1. The van der Waals surface area contributed by atoms with Crippen molar-refractivity contribution in [1.29, 1.82) is 0 Å². The fraction of sp³-hybridized carbons (Fsp3) is 0.403. The SMILES string of the molecule is COc1cc2c(cc1OCc1cc(COc3cc4c(cc3C)C(=O)N3c5ccccc5C[C@H]3CN4C)cc(NC(=O)CCC(C)(C)SSCCCC(=O)CCCN3C(=O)CC(SC)C3=O)c1)[N+](C)=[C-][C@@H]1Cc3ccccc3N1C2=O. The van der Waals surface area contributed by atoms with Crippen LogP contribution >= 0.6 is 33.3 Å². The average Bonchev–Trinajstić information content (AvgIpc) is 4.25. The van der Waals surface area contributed by atoms with Crippen LogP contribution in [0, 0.1) is 6.92 Å². The van der Waals surface area contributed by atoms with E-state index in [9.17, 15) is 28.8 Å². The molecule has 10 rings (SSSR count). The van der Waals surface area contributed by atoms with Gasteiger partial charge in [0.2, 0.25) is 23.6 Å². The number of amides is 5. The van der Waals surface area contributed by atoms with E-state index in [1.165, 1.54) is 22.2 Å². The number of para-hydroxylation sites is 2. The van der Waals surface area contributed by atoms with Gasteiger partial charge in [-0.05, 0) is 135 Å². The number of ketones is 1. The Bertz CT molecular complexity index is 3310. The van der Waals surface area contributed by atoms with Crippen molar-refractivity contribution in [3.8, 4) is 17.2 Å². The molecule has 5 aliphatic heterocycles. The van der Waals surface area contributed by atoms with Crippen molar-refractivity contribution in [3.05, 3.63) is 130 Å². The first-order valence-electron chi connectivity index (χ1n) is 27.3. The second kappa shape index (κ2) is 24.1. The van der Waals surface area contributed by atoms with Crippen LogP contribution in [-0.4, -0.2) is 119 Å². The van der Waals surface area contributed by atoms with Gasteiger partial charge in [0, 0.05) is 97.3 Å². The zero-order valence-electron chi connectivity index (χ0n) is 46.4. The Kier molecular flexibility index (Phi) is 17.1. The number of hydrogen-bond acceptors (Lipinski definition) is 13. The van der Waals surface area contributed by atoms with Crippen molar-refractivity contribution in [2.75, 3.05) is 66.3 Å². The molecule has 1 N–H and O–H groups in total. The second-order valence-electron chi connectivity index (χ2n) is 21.8. The lowest BCUT2D eigenvalue weighted by molar-refractivity contribution is -0.401. The van der Waals surface area contributed by atoms with Crippen LogP contribution in [0.15, 0.2) is 91.0 Å². The zero-order valence-corrected chi connectivity index (χ0v) is 48.9. The van der Waals surface area contributed by atoms with Crippen molar-refractivity contribution >= 4 is 103 Å². The molecule has 0 spiro atoms. The minimum Gasteiger partial charge on any atom is -0.493 e. The summed E-state index contributed by atoms with van der Waals surface area (Å²) in [5.74, 6) is 1.76. The zero-order chi connectivity index (χ0) is 56.4. The highest BCUT2D eigenvalue weighted by molar-refractivity contribution is 8.77. The van der Waals surface area contributed by atoms with Crippen molar-refractivity contribution in [2.45, 2.75) is 114 Å². The van der Waals surface area contributed by atoms with Gasteiger partial charge >= 0.3 is 0 Å². The standard InChI is InChI=1S/C62H68N6O9S3/c1-38-24-47-51(64(4)34-44-28-41-14-8-10-18-49(41)67(44)59(47)72)31-53(38)76-36-39-25-40(37-77-55-32-52-48(30-54(55)75-6)60(73)68-45(35-65(52)5)29-42-15-9-11-19-50(42)68)27-43(26-39)63-57(70)20-21-62(2,3)80-79-23-13-17-46(69)16-12-22-66-58(71)33-56(78-7)61(66)74/h8-11,14-15,18-19,24-27,30-32,44-45,56H,12-13,16-17,20-23,28-29,33-34,36-37H2,1-7H3,(H,63,70)/t44-,45-,56?/m0/s1. The molecule has 418 valence electrons. The molecule has 0 bridgehead atoms. The largest absolute Gasteiger partial charge is 0.493 e. The molecule has 3 atom stereocenters. The lowest BCUT2D eigenvalue weighted by Gasteiger charge is -2.25. The summed E-state index contributed by atoms with van der Waals surface area (Å²) in [4.78, 5) is 86.8. The quantitative estimate of drug-likeness (QED) is 0.0230. The summed E-state index contributed by atoms with van der Waals surface area (Å²) < 4.78 is 20.7. The number of methoxy groups -OCH3 is 1. The number of hydrogen-bond donors (Lipinski definition) is 1. The van der Waals surface area contributed by atoms with Crippen LogP contribution in [0.5, 0.6) is 17.2 Å². The molecular formula is C62H68N6O9S3. The van der Waals surface area contributed by atoms with Crippen LogP contribution in [0.4, 0.5) is 28.4 Å². The summed E-state index contributed by atoms with van der Waals surface area (Å²) in [6, 6.07) is 29.0. The van der Waals surface area contributed by atoms with E-state index >= 15 is 0 Å². The first-order valence-corrected chi connectivity index (χ1v) is 30.9. The van der Waals surface area contributed by atoms with Crippen LogP contribution in [0.25, 0.3) is 0 Å². The Hall–Kier alpha value is -6.76. The first kappa shape index (κ1) is 56.5. The number of Topliss-reactive ketones (excluding diaryl/α,β-unsaturated/α-hetero) is 1. The van der Waals surface area contributed by atoms with Gasteiger partial charge in [0.05, 0.1) is 35.3 Å². The van der Waals surface area contributed by atoms with E-state index in [4.69, 9.17) is 14.2 Å². The molecule has 0 aromatic heterocycles. The van der Waals surface area contributed by atoms with Crippen molar-refractivity contribution in [2.24, 2.45) is 0 Å². The highest BCUT2D eigenvalue weighted by Crippen LogP contribution is 2.43. The summed E-state index contributed by atoms with van der Waals surface area (Å²) in [6.07, 6.45) is 9.88. The molecule has 5 amide bonds. The molecule has 15 nitrogen and oxygen atoms in total. The maximum absolute atomic E-state index is 14.3. The molecular weight excluding hydrogens is 1070 g/mol. The minimum atomic E-state index is -0.312. The number of ether oxygens (including phenoxy) is 3. The smallest absolute Gasteiger partial charge is 0.260 e. The highest BCUT2D eigenvalue weighted by Gasteiger charge is 2.40. The number of aryl methyl sites for hydroxylation is 1. The fourth-order valence-electron chi connectivity index (χ4n) is 11.3. The van der Waals surface area contributed by atoms with E-state index in [2.05, 4.69) is 36.3 Å². The second-order valence-corrected chi connectivity index (χ2v) is 26.0. The molecule has 0 saturated carbocycles. The fourth-order valence-corrected chi connectivity index (χ4v) is 14.6. The number of rotatable bonds is 22. The number of likely N-dealkylation sites (N-methyl/N-ethyl adjacent to an activating group) is 1. The summed E-state index contributed by atoms with van der Waals surface area (Å²) in [7, 11) is 8.85. The Morgan fingerprint density at radius 3 is 2.16 bits per heavy atom. The maximum Gasteiger partial charge on any atom is 0.260 e. The number of likely N-dealkylation sites (tertiary alicyclic amines) is 1. The van der Waals surface area contributed by atoms with E-state index in [-0.39, 0.29) is 83.5 Å². The number of nitrogens with zero attached hydrogens (tertiary/aromatic N) is 5. The van der Waals surface area contributed by atoms with Crippen molar-refractivity contribution < 1.29 is 47.6 Å². The van der Waals surface area contributed by atoms with Crippen molar-refractivity contribution in [1.82, 2.24) is 4.90 Å². The number of carbonyl (C=O) groups is 6. The van der Waals surface area contributed by atoms with Gasteiger partial charge in [0.25, 0.3) is 5.91 Å². The van der Waals surface area contributed by atoms with E-state index in [0.29, 0.717) is 91.4 Å². The Morgan fingerprint density at radius 2 is 1.45 bits per heavy atom. The Balaban J connectivity index is 0.807. The molecule has 18 heteroatoms. The molecule has 5 aliphatic rings. The normalized spacial score (nSPS) is 18.2. The van der Waals surface area contributed by atoms with Crippen LogP contribution in [0.1, 0.15) is 107 Å². The molecule has 5 aromatic carbocycles. The van der Waals surface area contributed by atoms with Gasteiger partial charge in [-0.25, -0.2) is 0 Å². The minimum absolute atomic E-state index is 0.0145. The van der Waals surface area contributed by atoms with Gasteiger partial charge < -0.3 is 38.8 Å². The monoisotopic (exact) mass is 1140 g/mol. The third-order valence-electron chi connectivity index (χ3n) is 15.5. The van der Waals surface area contributed by atoms with Crippen LogP contribution in [0.2, 0.25) is 0 Å². The number of fused-ring (bicyclic) bond motifs is 8. The molecule has 0 aliphatic carbocycles. The topological polar surface area (TPSA) is 158 Å². The number of benzene rings is 5.